The summed E-state index contributed by atoms with van der Waals surface area (Å²) in [7, 11) is 0. The molecule has 0 atom stereocenters. The molecule has 0 bridgehead atoms. The summed E-state index contributed by atoms with van der Waals surface area (Å²) >= 11 is 3.39. The van der Waals surface area contributed by atoms with Crippen molar-refractivity contribution >= 4 is 21.9 Å². The quantitative estimate of drug-likeness (QED) is 0.918. The Kier molecular flexibility index (Phi) is 4.63. The molecule has 0 saturated heterocycles. The number of carboxylic acids is 1. The molecule has 0 aliphatic rings. The van der Waals surface area contributed by atoms with E-state index in [2.05, 4.69) is 25.9 Å². The average Bonchev–Trinajstić information content (AvgIpc) is 2.39. The number of carbonyl (C=O) groups is 1. The van der Waals surface area contributed by atoms with E-state index >= 15 is 0 Å². The van der Waals surface area contributed by atoms with Crippen LogP contribution in [0.3, 0.4) is 0 Å². The van der Waals surface area contributed by atoms with Gasteiger partial charge in [0.1, 0.15) is 5.82 Å². The maximum atomic E-state index is 10.5. The van der Waals surface area contributed by atoms with E-state index in [0.717, 1.165) is 15.7 Å². The van der Waals surface area contributed by atoms with Gasteiger partial charge < -0.3 is 5.11 Å². The van der Waals surface area contributed by atoms with Crippen molar-refractivity contribution in [2.24, 2.45) is 0 Å². The van der Waals surface area contributed by atoms with Gasteiger partial charge in [-0.2, -0.15) is 0 Å². The number of halogens is 1. The zero-order valence-electron chi connectivity index (χ0n) is 10.2. The van der Waals surface area contributed by atoms with Crippen LogP contribution in [0.4, 0.5) is 0 Å². The van der Waals surface area contributed by atoms with Crippen molar-refractivity contribution in [3.63, 3.8) is 0 Å². The highest BCUT2D eigenvalue weighted by atomic mass is 79.9. The number of aromatic nitrogens is 2. The smallest absolute Gasteiger partial charge is 0.303 e. The molecule has 0 unspecified atom stereocenters. The molecule has 0 saturated carbocycles. The van der Waals surface area contributed by atoms with Crippen LogP contribution < -0.4 is 0 Å². The fourth-order valence-corrected chi connectivity index (χ4v) is 1.96. The summed E-state index contributed by atoms with van der Waals surface area (Å²) in [4.78, 5) is 19.1. The minimum Gasteiger partial charge on any atom is -0.481 e. The van der Waals surface area contributed by atoms with Gasteiger partial charge in [-0.15, -0.1) is 0 Å². The van der Waals surface area contributed by atoms with Crippen LogP contribution in [0.2, 0.25) is 0 Å². The fraction of sp³-hybridized carbons (Fsp3) is 0.214. The molecule has 2 rings (SSSR count). The number of rotatable bonds is 5. The number of carboxylic acid groups (broad SMARTS) is 1. The maximum absolute atomic E-state index is 10.5. The predicted molar refractivity (Wildman–Crippen MR) is 75.7 cm³/mol. The average molecular weight is 321 g/mol. The third-order valence-electron chi connectivity index (χ3n) is 2.64. The number of aliphatic carboxylic acids is 1. The molecule has 0 amide bonds. The molecule has 98 valence electrons. The Hall–Kier alpha value is -1.75. The highest BCUT2D eigenvalue weighted by molar-refractivity contribution is 9.10. The molecule has 1 aromatic carbocycles. The molecule has 19 heavy (non-hydrogen) atoms. The monoisotopic (exact) mass is 320 g/mol. The van der Waals surface area contributed by atoms with Crippen LogP contribution in [0, 0.1) is 0 Å². The molecule has 0 aliphatic carbocycles. The van der Waals surface area contributed by atoms with Gasteiger partial charge in [-0.05, 0) is 24.6 Å². The molecule has 0 spiro atoms. The van der Waals surface area contributed by atoms with E-state index in [1.165, 1.54) is 0 Å². The van der Waals surface area contributed by atoms with Gasteiger partial charge in [-0.25, -0.2) is 9.97 Å². The Morgan fingerprint density at radius 3 is 2.63 bits per heavy atom. The van der Waals surface area contributed by atoms with Crippen LogP contribution >= 0.6 is 15.9 Å². The van der Waals surface area contributed by atoms with Crippen molar-refractivity contribution in [3.05, 3.63) is 46.8 Å². The van der Waals surface area contributed by atoms with Crippen molar-refractivity contribution in [2.75, 3.05) is 0 Å². The van der Waals surface area contributed by atoms with Crippen molar-refractivity contribution in [1.82, 2.24) is 9.97 Å². The number of hydrogen-bond donors (Lipinski definition) is 1. The van der Waals surface area contributed by atoms with Crippen LogP contribution in [-0.4, -0.2) is 21.0 Å². The lowest BCUT2D eigenvalue weighted by molar-refractivity contribution is -0.137. The summed E-state index contributed by atoms with van der Waals surface area (Å²) < 4.78 is 1.02. The molecule has 4 nitrogen and oxygen atoms in total. The van der Waals surface area contributed by atoms with Gasteiger partial charge in [0.2, 0.25) is 0 Å². The van der Waals surface area contributed by atoms with Crippen molar-refractivity contribution in [3.8, 4) is 11.3 Å². The molecule has 0 fully saturated rings. The van der Waals surface area contributed by atoms with Gasteiger partial charge in [0, 0.05) is 29.1 Å². The molecule has 2 aromatic rings. The molecule has 0 aliphatic heterocycles. The molecule has 5 heteroatoms. The first-order chi connectivity index (χ1) is 9.15. The van der Waals surface area contributed by atoms with E-state index in [9.17, 15) is 4.79 Å². The third-order valence-corrected chi connectivity index (χ3v) is 3.17. The Balaban J connectivity index is 2.10. The summed E-state index contributed by atoms with van der Waals surface area (Å²) in [5, 5.41) is 8.60. The van der Waals surface area contributed by atoms with E-state index < -0.39 is 5.97 Å². The van der Waals surface area contributed by atoms with Crippen LogP contribution in [0.25, 0.3) is 11.3 Å². The van der Waals surface area contributed by atoms with Crippen LogP contribution in [0.5, 0.6) is 0 Å². The van der Waals surface area contributed by atoms with E-state index in [1.807, 2.05) is 30.3 Å². The second kappa shape index (κ2) is 6.43. The first-order valence-electron chi connectivity index (χ1n) is 5.95. The number of aryl methyl sites for hydroxylation is 1. The Morgan fingerprint density at radius 1 is 1.21 bits per heavy atom. The van der Waals surface area contributed by atoms with Gasteiger partial charge in [0.25, 0.3) is 0 Å². The van der Waals surface area contributed by atoms with Gasteiger partial charge >= 0.3 is 5.97 Å². The third kappa shape index (κ3) is 4.13. The minimum absolute atomic E-state index is 0.145. The summed E-state index contributed by atoms with van der Waals surface area (Å²) in [6.07, 6.45) is 2.99. The lowest BCUT2D eigenvalue weighted by Gasteiger charge is -2.03. The Labute approximate surface area is 119 Å². The highest BCUT2D eigenvalue weighted by Crippen LogP contribution is 2.19. The van der Waals surface area contributed by atoms with E-state index in [4.69, 9.17) is 5.11 Å². The van der Waals surface area contributed by atoms with Crippen LogP contribution in [0.1, 0.15) is 18.7 Å². The Morgan fingerprint density at radius 2 is 1.95 bits per heavy atom. The second-order valence-corrected chi connectivity index (χ2v) is 5.03. The van der Waals surface area contributed by atoms with E-state index in [0.29, 0.717) is 18.7 Å². The topological polar surface area (TPSA) is 63.1 Å². The number of benzene rings is 1. The molecular weight excluding hydrogens is 308 g/mol. The number of nitrogens with zero attached hydrogens (tertiary/aromatic N) is 2. The first kappa shape index (κ1) is 13.7. The van der Waals surface area contributed by atoms with Gasteiger partial charge in [0.15, 0.2) is 0 Å². The largest absolute Gasteiger partial charge is 0.481 e. The lowest BCUT2D eigenvalue weighted by Crippen LogP contribution is -2.00. The summed E-state index contributed by atoms with van der Waals surface area (Å²) in [5.74, 6) is -0.106. The number of hydrogen-bond acceptors (Lipinski definition) is 3. The van der Waals surface area contributed by atoms with E-state index in [1.54, 1.807) is 6.20 Å². The summed E-state index contributed by atoms with van der Waals surface area (Å²) in [6.45, 7) is 0. The standard InChI is InChI=1S/C14H13BrN2O2/c15-11-6-4-10(5-7-11)12-8-9-16-13(17-12)2-1-3-14(18)19/h4-9H,1-3H2,(H,18,19). The van der Waals surface area contributed by atoms with Gasteiger partial charge in [-0.1, -0.05) is 28.1 Å². The maximum Gasteiger partial charge on any atom is 0.303 e. The van der Waals surface area contributed by atoms with Crippen molar-refractivity contribution in [2.45, 2.75) is 19.3 Å². The van der Waals surface area contributed by atoms with Crippen molar-refractivity contribution < 1.29 is 9.90 Å². The predicted octanol–water partition coefficient (Wildman–Crippen LogP) is 3.31. The SMILES string of the molecule is O=C(O)CCCc1nccc(-c2ccc(Br)cc2)n1. The highest BCUT2D eigenvalue weighted by Gasteiger charge is 2.04. The zero-order valence-corrected chi connectivity index (χ0v) is 11.8. The van der Waals surface area contributed by atoms with Gasteiger partial charge in [-0.3, -0.25) is 4.79 Å². The molecule has 1 aromatic heterocycles. The second-order valence-electron chi connectivity index (χ2n) is 4.11. The van der Waals surface area contributed by atoms with Crippen LogP contribution in [0.15, 0.2) is 41.0 Å². The Bertz CT molecular complexity index is 570. The van der Waals surface area contributed by atoms with Crippen LogP contribution in [-0.2, 0) is 11.2 Å². The molecule has 1 N–H and O–H groups in total. The molecule has 1 heterocycles. The summed E-state index contributed by atoms with van der Waals surface area (Å²) in [6, 6.07) is 9.73. The lowest BCUT2D eigenvalue weighted by atomic mass is 10.1. The zero-order chi connectivity index (χ0) is 13.7. The molecule has 0 radical (unpaired) electrons. The van der Waals surface area contributed by atoms with Gasteiger partial charge in [0.05, 0.1) is 5.69 Å². The fourth-order valence-electron chi connectivity index (χ4n) is 1.70. The normalized spacial score (nSPS) is 10.4. The molecular formula is C14H13BrN2O2. The van der Waals surface area contributed by atoms with E-state index in [-0.39, 0.29) is 6.42 Å². The summed E-state index contributed by atoms with van der Waals surface area (Å²) in [5.41, 5.74) is 1.87. The van der Waals surface area contributed by atoms with Crippen molar-refractivity contribution in [1.29, 1.82) is 0 Å². The first-order valence-corrected chi connectivity index (χ1v) is 6.74. The minimum atomic E-state index is -0.788.